The first kappa shape index (κ1) is 10.0. The Hall–Kier alpha value is -2.15. The van der Waals surface area contributed by atoms with Gasteiger partial charge in [0.25, 0.3) is 0 Å². The van der Waals surface area contributed by atoms with Crippen molar-refractivity contribution in [2.24, 2.45) is 0 Å². The molecule has 17 heavy (non-hydrogen) atoms. The predicted molar refractivity (Wildman–Crippen MR) is 64.5 cm³/mol. The van der Waals surface area contributed by atoms with E-state index in [0.717, 1.165) is 15.4 Å². The average molecular weight is 244 g/mol. The van der Waals surface area contributed by atoms with Crippen molar-refractivity contribution >= 4 is 28.6 Å². The number of nitrogens with zero attached hydrogens (tertiary/aromatic N) is 4. The number of H-pyrrole nitrogens is 1. The van der Waals surface area contributed by atoms with E-state index in [-0.39, 0.29) is 0 Å². The second-order valence-corrected chi connectivity index (χ2v) is 4.33. The fourth-order valence-corrected chi connectivity index (χ4v) is 2.27. The molecule has 3 aromatic heterocycles. The lowest BCUT2D eigenvalue weighted by Gasteiger charge is -2.03. The Kier molecular flexibility index (Phi) is 2.37. The van der Waals surface area contributed by atoms with Crippen molar-refractivity contribution in [3.05, 3.63) is 31.1 Å². The highest BCUT2D eigenvalue weighted by Crippen LogP contribution is 2.32. The summed E-state index contributed by atoms with van der Waals surface area (Å²) in [5.41, 5.74) is 7.93. The van der Waals surface area contributed by atoms with E-state index >= 15 is 0 Å². The molecular weight excluding hydrogens is 236 g/mol. The van der Waals surface area contributed by atoms with Crippen LogP contribution < -0.4 is 5.73 Å². The van der Waals surface area contributed by atoms with Crippen LogP contribution in [0.4, 0.5) is 5.69 Å². The number of rotatable bonds is 2. The monoisotopic (exact) mass is 244 g/mol. The number of aromatic nitrogens is 5. The van der Waals surface area contributed by atoms with Crippen LogP contribution in [0.5, 0.6) is 0 Å². The quantitative estimate of drug-likeness (QED) is 0.663. The van der Waals surface area contributed by atoms with Crippen LogP contribution in [0.2, 0.25) is 0 Å². The molecule has 0 atom stereocenters. The zero-order valence-corrected chi connectivity index (χ0v) is 9.48. The van der Waals surface area contributed by atoms with Gasteiger partial charge < -0.3 is 10.7 Å². The second kappa shape index (κ2) is 4.02. The molecule has 0 aliphatic rings. The molecule has 0 bridgehead atoms. The molecule has 7 heteroatoms. The zero-order valence-electron chi connectivity index (χ0n) is 8.66. The molecule has 84 valence electrons. The van der Waals surface area contributed by atoms with Crippen molar-refractivity contribution in [1.29, 1.82) is 0 Å². The molecular formula is C10H8N6S. The molecule has 0 saturated heterocycles. The summed E-state index contributed by atoms with van der Waals surface area (Å²) >= 11 is 1.46. The minimum atomic E-state index is 0.628. The first-order valence-electron chi connectivity index (χ1n) is 4.86. The summed E-state index contributed by atoms with van der Waals surface area (Å²) < 4.78 is 0. The highest BCUT2D eigenvalue weighted by molar-refractivity contribution is 7.99. The van der Waals surface area contributed by atoms with Crippen LogP contribution in [0.15, 0.2) is 41.0 Å². The van der Waals surface area contributed by atoms with Gasteiger partial charge in [-0.1, -0.05) is 11.8 Å². The number of fused-ring (bicyclic) bond motifs is 1. The molecule has 0 saturated carbocycles. The lowest BCUT2D eigenvalue weighted by atomic mass is 10.4. The van der Waals surface area contributed by atoms with E-state index in [9.17, 15) is 0 Å². The molecule has 0 amide bonds. The Morgan fingerprint density at radius 1 is 1.24 bits per heavy atom. The fourth-order valence-electron chi connectivity index (χ4n) is 1.41. The van der Waals surface area contributed by atoms with E-state index in [1.54, 1.807) is 18.7 Å². The van der Waals surface area contributed by atoms with Crippen LogP contribution in [-0.2, 0) is 0 Å². The number of pyridine rings is 1. The Balaban J connectivity index is 2.06. The number of imidazole rings is 1. The standard InChI is InChI=1S/C10H8N6S/c11-6-3-12-2-1-7(6)17-10-8-9(14-4-13-8)15-5-16-10/h1-5H,11H2,(H,13,14,15,16). The van der Waals surface area contributed by atoms with Crippen molar-refractivity contribution < 1.29 is 0 Å². The molecule has 0 aliphatic carbocycles. The van der Waals surface area contributed by atoms with Crippen LogP contribution in [0.1, 0.15) is 0 Å². The maximum Gasteiger partial charge on any atom is 0.181 e. The van der Waals surface area contributed by atoms with Crippen LogP contribution in [-0.4, -0.2) is 24.9 Å². The summed E-state index contributed by atoms with van der Waals surface area (Å²) in [4.78, 5) is 20.2. The SMILES string of the molecule is Nc1cnccc1Sc1ncnc2nc[nH]c12. The average Bonchev–Trinajstić information content (AvgIpc) is 2.81. The van der Waals surface area contributed by atoms with E-state index < -0.39 is 0 Å². The Morgan fingerprint density at radius 2 is 2.18 bits per heavy atom. The molecule has 0 fully saturated rings. The Bertz CT molecular complexity index is 664. The molecule has 0 spiro atoms. The van der Waals surface area contributed by atoms with Crippen molar-refractivity contribution in [2.75, 3.05) is 5.73 Å². The number of hydrogen-bond acceptors (Lipinski definition) is 6. The van der Waals surface area contributed by atoms with Gasteiger partial charge in [0.15, 0.2) is 5.65 Å². The van der Waals surface area contributed by atoms with Gasteiger partial charge in [0.05, 0.1) is 18.2 Å². The molecule has 3 heterocycles. The van der Waals surface area contributed by atoms with Crippen molar-refractivity contribution in [2.45, 2.75) is 9.92 Å². The molecule has 3 aromatic rings. The molecule has 3 N–H and O–H groups in total. The van der Waals surface area contributed by atoms with Gasteiger partial charge in [-0.25, -0.2) is 15.0 Å². The molecule has 3 rings (SSSR count). The minimum Gasteiger partial charge on any atom is -0.397 e. The van der Waals surface area contributed by atoms with Crippen LogP contribution >= 0.6 is 11.8 Å². The lowest BCUT2D eigenvalue weighted by Crippen LogP contribution is -1.91. The minimum absolute atomic E-state index is 0.628. The summed E-state index contributed by atoms with van der Waals surface area (Å²) in [7, 11) is 0. The summed E-state index contributed by atoms with van der Waals surface area (Å²) in [5.74, 6) is 0. The summed E-state index contributed by atoms with van der Waals surface area (Å²) in [5, 5.41) is 0.797. The third kappa shape index (κ3) is 1.80. The fraction of sp³-hybridized carbons (Fsp3) is 0. The van der Waals surface area contributed by atoms with Gasteiger partial charge in [-0.2, -0.15) is 0 Å². The van der Waals surface area contributed by atoms with Crippen LogP contribution in [0.25, 0.3) is 11.2 Å². The highest BCUT2D eigenvalue weighted by Gasteiger charge is 2.09. The number of nitrogens with two attached hydrogens (primary N) is 1. The molecule has 0 radical (unpaired) electrons. The van der Waals surface area contributed by atoms with E-state index in [2.05, 4.69) is 24.9 Å². The summed E-state index contributed by atoms with van der Waals surface area (Å²) in [6.07, 6.45) is 6.40. The predicted octanol–water partition coefficient (Wildman–Crippen LogP) is 1.48. The topological polar surface area (TPSA) is 93.4 Å². The van der Waals surface area contributed by atoms with Gasteiger partial charge in [0.2, 0.25) is 0 Å². The number of nitrogens with one attached hydrogen (secondary N) is 1. The van der Waals surface area contributed by atoms with Gasteiger partial charge in [-0.3, -0.25) is 4.98 Å². The maximum absolute atomic E-state index is 5.84. The Labute approximate surface area is 101 Å². The first-order valence-corrected chi connectivity index (χ1v) is 5.67. The number of nitrogen functional groups attached to an aromatic ring is 1. The van der Waals surface area contributed by atoms with Crippen LogP contribution in [0.3, 0.4) is 0 Å². The van der Waals surface area contributed by atoms with E-state index in [4.69, 9.17) is 5.73 Å². The smallest absolute Gasteiger partial charge is 0.181 e. The number of hydrogen-bond donors (Lipinski definition) is 2. The molecule has 0 aliphatic heterocycles. The maximum atomic E-state index is 5.84. The number of anilines is 1. The normalized spacial score (nSPS) is 10.8. The van der Waals surface area contributed by atoms with E-state index in [1.165, 1.54) is 18.1 Å². The van der Waals surface area contributed by atoms with Gasteiger partial charge >= 0.3 is 0 Å². The van der Waals surface area contributed by atoms with E-state index in [1.807, 2.05) is 6.07 Å². The molecule has 6 nitrogen and oxygen atoms in total. The van der Waals surface area contributed by atoms with Gasteiger partial charge in [0.1, 0.15) is 16.9 Å². The van der Waals surface area contributed by atoms with Crippen molar-refractivity contribution in [1.82, 2.24) is 24.9 Å². The van der Waals surface area contributed by atoms with Gasteiger partial charge in [-0.05, 0) is 6.07 Å². The third-order valence-corrected chi connectivity index (χ3v) is 3.30. The highest BCUT2D eigenvalue weighted by atomic mass is 32.2. The Morgan fingerprint density at radius 3 is 3.06 bits per heavy atom. The van der Waals surface area contributed by atoms with Crippen molar-refractivity contribution in [3.63, 3.8) is 0 Å². The number of aromatic amines is 1. The van der Waals surface area contributed by atoms with Gasteiger partial charge in [-0.15, -0.1) is 0 Å². The van der Waals surface area contributed by atoms with E-state index in [0.29, 0.717) is 11.3 Å². The molecule has 0 unspecified atom stereocenters. The zero-order chi connectivity index (χ0) is 11.7. The lowest BCUT2D eigenvalue weighted by molar-refractivity contribution is 1.08. The summed E-state index contributed by atoms with van der Waals surface area (Å²) in [6.45, 7) is 0. The summed E-state index contributed by atoms with van der Waals surface area (Å²) in [6, 6.07) is 1.85. The molecule has 0 aromatic carbocycles. The third-order valence-electron chi connectivity index (χ3n) is 2.20. The second-order valence-electron chi connectivity index (χ2n) is 3.30. The van der Waals surface area contributed by atoms with Gasteiger partial charge in [0, 0.05) is 11.1 Å². The van der Waals surface area contributed by atoms with Crippen molar-refractivity contribution in [3.8, 4) is 0 Å². The largest absolute Gasteiger partial charge is 0.397 e. The van der Waals surface area contributed by atoms with Crippen LogP contribution in [0, 0.1) is 0 Å². The first-order chi connectivity index (χ1) is 8.34.